The number of carbonyl (C=O) groups is 2. The number of rotatable bonds is 7. The molecule has 1 heterocycles. The zero-order chi connectivity index (χ0) is 18.9. The Morgan fingerprint density at radius 2 is 1.88 bits per heavy atom. The predicted octanol–water partition coefficient (Wildman–Crippen LogP) is 2.68. The summed E-state index contributed by atoms with van der Waals surface area (Å²) in [4.78, 5) is 30.8. The van der Waals surface area contributed by atoms with Crippen LogP contribution in [0.4, 0.5) is 0 Å². The molecule has 0 aliphatic carbocycles. The van der Waals surface area contributed by atoms with Crippen molar-refractivity contribution in [2.45, 2.75) is 33.1 Å². The van der Waals surface area contributed by atoms with Crippen molar-refractivity contribution in [1.82, 2.24) is 14.7 Å². The average molecular weight is 380 g/mol. The third-order valence-corrected chi connectivity index (χ3v) is 5.17. The van der Waals surface area contributed by atoms with Crippen LogP contribution in [0, 0.1) is 0 Å². The molecule has 1 aliphatic rings. The summed E-state index contributed by atoms with van der Waals surface area (Å²) in [5.41, 5.74) is 1.09. The van der Waals surface area contributed by atoms with Crippen molar-refractivity contribution in [3.05, 3.63) is 34.9 Å². The van der Waals surface area contributed by atoms with Gasteiger partial charge in [0.1, 0.15) is 0 Å². The van der Waals surface area contributed by atoms with Crippen LogP contribution in [-0.4, -0.2) is 72.3 Å². The van der Waals surface area contributed by atoms with Gasteiger partial charge in [0.2, 0.25) is 11.8 Å². The van der Waals surface area contributed by atoms with Crippen LogP contribution in [0.25, 0.3) is 0 Å². The van der Waals surface area contributed by atoms with Gasteiger partial charge in [-0.05, 0) is 44.4 Å². The van der Waals surface area contributed by atoms with E-state index >= 15 is 0 Å². The Labute approximate surface area is 161 Å². The fourth-order valence-electron chi connectivity index (χ4n) is 3.35. The molecule has 0 bridgehead atoms. The molecule has 1 aromatic carbocycles. The third kappa shape index (κ3) is 6.29. The molecule has 0 saturated carbocycles. The lowest BCUT2D eigenvalue weighted by molar-refractivity contribution is -0.132. The molecule has 1 aromatic rings. The zero-order valence-electron chi connectivity index (χ0n) is 15.9. The summed E-state index contributed by atoms with van der Waals surface area (Å²) in [6.45, 7) is 9.04. The Bertz CT molecular complexity index is 604. The van der Waals surface area contributed by atoms with Gasteiger partial charge in [-0.1, -0.05) is 23.7 Å². The summed E-state index contributed by atoms with van der Waals surface area (Å²) in [6.07, 6.45) is 2.12. The molecule has 1 saturated heterocycles. The van der Waals surface area contributed by atoms with Crippen LogP contribution in [0.5, 0.6) is 0 Å². The molecule has 2 amide bonds. The second-order valence-electron chi connectivity index (χ2n) is 6.71. The quantitative estimate of drug-likeness (QED) is 0.731. The minimum Gasteiger partial charge on any atom is -0.342 e. The Morgan fingerprint density at radius 1 is 1.12 bits per heavy atom. The fraction of sp³-hybridized carbons (Fsp3) is 0.600. The second-order valence-corrected chi connectivity index (χ2v) is 7.14. The lowest BCUT2D eigenvalue weighted by Gasteiger charge is -2.25. The molecule has 144 valence electrons. The fourth-order valence-corrected chi connectivity index (χ4v) is 3.56. The van der Waals surface area contributed by atoms with Gasteiger partial charge in [0, 0.05) is 50.7 Å². The van der Waals surface area contributed by atoms with Gasteiger partial charge in [-0.3, -0.25) is 14.5 Å². The minimum absolute atomic E-state index is 0.177. The van der Waals surface area contributed by atoms with Gasteiger partial charge < -0.3 is 9.80 Å². The van der Waals surface area contributed by atoms with Gasteiger partial charge in [0.25, 0.3) is 0 Å². The highest BCUT2D eigenvalue weighted by atomic mass is 35.5. The Balaban J connectivity index is 1.80. The topological polar surface area (TPSA) is 43.9 Å². The van der Waals surface area contributed by atoms with Gasteiger partial charge >= 0.3 is 0 Å². The van der Waals surface area contributed by atoms with E-state index in [1.807, 2.05) is 47.9 Å². The van der Waals surface area contributed by atoms with Gasteiger partial charge in [0.05, 0.1) is 6.54 Å². The molecule has 5 nitrogen and oxygen atoms in total. The highest BCUT2D eigenvalue weighted by molar-refractivity contribution is 6.30. The first kappa shape index (κ1) is 20.7. The standard InChI is InChI=1S/C20H30ClN3O2/c1-3-23(4-2)20(26)16-22-11-6-12-24(14-13-22)19(25)10-9-17-7-5-8-18(21)15-17/h5,7-8,15H,3-4,6,9-14,16H2,1-2H3. The monoisotopic (exact) mass is 379 g/mol. The largest absolute Gasteiger partial charge is 0.342 e. The first-order valence-corrected chi connectivity index (χ1v) is 9.93. The van der Waals surface area contributed by atoms with Crippen molar-refractivity contribution in [2.75, 3.05) is 45.8 Å². The van der Waals surface area contributed by atoms with E-state index in [-0.39, 0.29) is 11.8 Å². The number of halogens is 1. The van der Waals surface area contributed by atoms with Crippen molar-refractivity contribution >= 4 is 23.4 Å². The van der Waals surface area contributed by atoms with Crippen molar-refractivity contribution in [3.63, 3.8) is 0 Å². The maximum Gasteiger partial charge on any atom is 0.236 e. The Kier molecular flexibility index (Phi) is 8.39. The van der Waals surface area contributed by atoms with Crippen molar-refractivity contribution in [2.24, 2.45) is 0 Å². The summed E-state index contributed by atoms with van der Waals surface area (Å²) in [5, 5.41) is 0.707. The molecule has 1 aliphatic heterocycles. The Morgan fingerprint density at radius 3 is 2.58 bits per heavy atom. The first-order chi connectivity index (χ1) is 12.5. The molecule has 0 atom stereocenters. The first-order valence-electron chi connectivity index (χ1n) is 9.55. The summed E-state index contributed by atoms with van der Waals surface area (Å²) < 4.78 is 0. The van der Waals surface area contributed by atoms with Crippen LogP contribution >= 0.6 is 11.6 Å². The molecule has 6 heteroatoms. The van der Waals surface area contributed by atoms with Gasteiger partial charge in [-0.2, -0.15) is 0 Å². The number of nitrogens with zero attached hydrogens (tertiary/aromatic N) is 3. The van der Waals surface area contributed by atoms with Crippen LogP contribution in [0.3, 0.4) is 0 Å². The molecule has 0 spiro atoms. The summed E-state index contributed by atoms with van der Waals surface area (Å²) >= 11 is 6.00. The van der Waals surface area contributed by atoms with Crippen LogP contribution in [0.2, 0.25) is 5.02 Å². The normalized spacial score (nSPS) is 15.6. The number of aryl methyl sites for hydroxylation is 1. The van der Waals surface area contributed by atoms with Crippen molar-refractivity contribution < 1.29 is 9.59 Å². The number of hydrogen-bond donors (Lipinski definition) is 0. The van der Waals surface area contributed by atoms with Gasteiger partial charge in [-0.25, -0.2) is 0 Å². The average Bonchev–Trinajstić information content (AvgIpc) is 2.86. The van der Waals surface area contributed by atoms with E-state index in [2.05, 4.69) is 4.90 Å². The number of hydrogen-bond acceptors (Lipinski definition) is 3. The second kappa shape index (κ2) is 10.5. The molecule has 2 rings (SSSR count). The van der Waals surface area contributed by atoms with Crippen LogP contribution < -0.4 is 0 Å². The van der Waals surface area contributed by atoms with E-state index in [0.717, 1.165) is 44.7 Å². The van der Waals surface area contributed by atoms with E-state index in [1.165, 1.54) is 0 Å². The summed E-state index contributed by atoms with van der Waals surface area (Å²) in [7, 11) is 0. The van der Waals surface area contributed by atoms with Crippen LogP contribution in [-0.2, 0) is 16.0 Å². The molecule has 0 N–H and O–H groups in total. The number of amides is 2. The lowest BCUT2D eigenvalue weighted by Crippen LogP contribution is -2.42. The minimum atomic E-state index is 0.177. The molecule has 0 aromatic heterocycles. The summed E-state index contributed by atoms with van der Waals surface area (Å²) in [5.74, 6) is 0.359. The molecule has 1 fully saturated rings. The molecule has 26 heavy (non-hydrogen) atoms. The number of benzene rings is 1. The number of likely N-dealkylation sites (N-methyl/N-ethyl adjacent to an activating group) is 1. The highest BCUT2D eigenvalue weighted by Crippen LogP contribution is 2.13. The van der Waals surface area contributed by atoms with Gasteiger partial charge in [0.15, 0.2) is 0 Å². The maximum atomic E-state index is 12.5. The molecule has 0 unspecified atom stereocenters. The lowest BCUT2D eigenvalue weighted by atomic mass is 10.1. The van der Waals surface area contributed by atoms with Crippen LogP contribution in [0.15, 0.2) is 24.3 Å². The molecule has 0 radical (unpaired) electrons. The van der Waals surface area contributed by atoms with E-state index in [0.29, 0.717) is 31.0 Å². The van der Waals surface area contributed by atoms with E-state index in [1.54, 1.807) is 0 Å². The highest BCUT2D eigenvalue weighted by Gasteiger charge is 2.21. The van der Waals surface area contributed by atoms with Gasteiger partial charge in [-0.15, -0.1) is 0 Å². The van der Waals surface area contributed by atoms with Crippen molar-refractivity contribution in [1.29, 1.82) is 0 Å². The maximum absolute atomic E-state index is 12.5. The zero-order valence-corrected chi connectivity index (χ0v) is 16.7. The van der Waals surface area contributed by atoms with E-state index in [4.69, 9.17) is 11.6 Å². The number of carbonyl (C=O) groups excluding carboxylic acids is 2. The molecular formula is C20H30ClN3O2. The molecular weight excluding hydrogens is 350 g/mol. The Hall–Kier alpha value is -1.59. The van der Waals surface area contributed by atoms with Crippen LogP contribution in [0.1, 0.15) is 32.3 Å². The predicted molar refractivity (Wildman–Crippen MR) is 105 cm³/mol. The van der Waals surface area contributed by atoms with Crippen molar-refractivity contribution in [3.8, 4) is 0 Å². The smallest absolute Gasteiger partial charge is 0.236 e. The summed E-state index contributed by atoms with van der Waals surface area (Å²) in [6, 6.07) is 7.68. The van der Waals surface area contributed by atoms with E-state index < -0.39 is 0 Å². The third-order valence-electron chi connectivity index (χ3n) is 4.93. The van der Waals surface area contributed by atoms with E-state index in [9.17, 15) is 9.59 Å². The SMILES string of the molecule is CCN(CC)C(=O)CN1CCCN(C(=O)CCc2cccc(Cl)c2)CC1.